The highest BCUT2D eigenvalue weighted by molar-refractivity contribution is 5.86. The van der Waals surface area contributed by atoms with Crippen molar-refractivity contribution >= 4 is 11.9 Å². The number of carbonyl (C=O) groups is 2. The number of benzene rings is 1. The number of allylic oxidation sites excluding steroid dienone is 1. The molecule has 0 unspecified atom stereocenters. The van der Waals surface area contributed by atoms with E-state index in [-0.39, 0.29) is 23.7 Å². The van der Waals surface area contributed by atoms with Gasteiger partial charge in [0.05, 0.1) is 32.5 Å². The highest BCUT2D eigenvalue weighted by atomic mass is 16.5. The van der Waals surface area contributed by atoms with Gasteiger partial charge in [-0.15, -0.1) is 5.10 Å². The first-order valence-electron chi connectivity index (χ1n) is 10.2. The number of nitrogens with one attached hydrogen (secondary N) is 1. The van der Waals surface area contributed by atoms with Crippen LogP contribution in [0.4, 0.5) is 0 Å². The Morgan fingerprint density at radius 3 is 2.65 bits per heavy atom. The van der Waals surface area contributed by atoms with Crippen LogP contribution in [-0.2, 0) is 16.1 Å². The van der Waals surface area contributed by atoms with Gasteiger partial charge in [0, 0.05) is 19.6 Å². The van der Waals surface area contributed by atoms with Gasteiger partial charge in [0.15, 0.2) is 5.69 Å². The SMILES string of the molecule is C/C=C(\C)CN1C[C@@H](n2cc(C(=O)OC)nn2)C[C@H]1C(=O)NCc1ccc(OC)cc1. The number of aromatic nitrogens is 3. The molecule has 9 heteroatoms. The van der Waals surface area contributed by atoms with Gasteiger partial charge < -0.3 is 14.8 Å². The second kappa shape index (κ2) is 10.2. The van der Waals surface area contributed by atoms with E-state index in [9.17, 15) is 9.59 Å². The highest BCUT2D eigenvalue weighted by Gasteiger charge is 2.38. The fraction of sp³-hybridized carbons (Fsp3) is 0.455. The van der Waals surface area contributed by atoms with E-state index in [1.165, 1.54) is 12.7 Å². The summed E-state index contributed by atoms with van der Waals surface area (Å²) in [5.74, 6) is 0.219. The highest BCUT2D eigenvalue weighted by Crippen LogP contribution is 2.28. The summed E-state index contributed by atoms with van der Waals surface area (Å²) in [6.07, 6.45) is 4.20. The third-order valence-corrected chi connectivity index (χ3v) is 5.53. The number of ether oxygens (including phenoxy) is 2. The Kier molecular flexibility index (Phi) is 7.41. The molecule has 1 saturated heterocycles. The lowest BCUT2D eigenvalue weighted by atomic mass is 10.1. The minimum atomic E-state index is -0.528. The van der Waals surface area contributed by atoms with Gasteiger partial charge in [0.2, 0.25) is 5.91 Å². The number of rotatable bonds is 8. The first-order chi connectivity index (χ1) is 14.9. The molecule has 2 heterocycles. The summed E-state index contributed by atoms with van der Waals surface area (Å²) >= 11 is 0. The van der Waals surface area contributed by atoms with Crippen molar-refractivity contribution in [3.05, 3.63) is 53.4 Å². The average Bonchev–Trinajstić information content (AvgIpc) is 3.44. The van der Waals surface area contributed by atoms with Crippen LogP contribution in [0.1, 0.15) is 42.4 Å². The molecule has 1 aliphatic heterocycles. The lowest BCUT2D eigenvalue weighted by Crippen LogP contribution is -2.43. The standard InChI is InChI=1S/C22H29N5O4/c1-5-15(2)12-26-13-17(27-14-19(24-25-27)22(29)31-4)10-20(26)21(28)23-11-16-6-8-18(30-3)9-7-16/h5-9,14,17,20H,10-13H2,1-4H3,(H,23,28)/b15-5+/t17-,20-/m0/s1. The van der Waals surface area contributed by atoms with Crippen molar-refractivity contribution in [2.75, 3.05) is 27.3 Å². The van der Waals surface area contributed by atoms with Gasteiger partial charge in [0.25, 0.3) is 0 Å². The molecular weight excluding hydrogens is 398 g/mol. The predicted molar refractivity (Wildman–Crippen MR) is 115 cm³/mol. The minimum absolute atomic E-state index is 0.0319. The second-order valence-corrected chi connectivity index (χ2v) is 7.61. The number of amides is 1. The fourth-order valence-corrected chi connectivity index (χ4v) is 3.63. The zero-order chi connectivity index (χ0) is 22.4. The van der Waals surface area contributed by atoms with Crippen LogP contribution in [0.3, 0.4) is 0 Å². The van der Waals surface area contributed by atoms with Gasteiger partial charge in [-0.1, -0.05) is 29.0 Å². The van der Waals surface area contributed by atoms with Crippen molar-refractivity contribution in [2.24, 2.45) is 0 Å². The minimum Gasteiger partial charge on any atom is -0.497 e. The van der Waals surface area contributed by atoms with Crippen LogP contribution >= 0.6 is 0 Å². The molecule has 31 heavy (non-hydrogen) atoms. The monoisotopic (exact) mass is 427 g/mol. The Hall–Kier alpha value is -3.20. The van der Waals surface area contributed by atoms with Crippen molar-refractivity contribution in [1.29, 1.82) is 0 Å². The van der Waals surface area contributed by atoms with Crippen LogP contribution in [0.25, 0.3) is 0 Å². The van der Waals surface area contributed by atoms with Crippen molar-refractivity contribution < 1.29 is 19.1 Å². The van der Waals surface area contributed by atoms with Gasteiger partial charge in [-0.3, -0.25) is 9.69 Å². The molecule has 0 bridgehead atoms. The predicted octanol–water partition coefficient (Wildman–Crippen LogP) is 1.97. The lowest BCUT2D eigenvalue weighted by Gasteiger charge is -2.23. The van der Waals surface area contributed by atoms with E-state index in [4.69, 9.17) is 9.47 Å². The second-order valence-electron chi connectivity index (χ2n) is 7.61. The van der Waals surface area contributed by atoms with Gasteiger partial charge >= 0.3 is 5.97 Å². The molecule has 2 aromatic rings. The van der Waals surface area contributed by atoms with E-state index >= 15 is 0 Å². The molecule has 1 aliphatic rings. The number of nitrogens with zero attached hydrogens (tertiary/aromatic N) is 4. The maximum Gasteiger partial charge on any atom is 0.360 e. The first-order valence-corrected chi connectivity index (χ1v) is 10.2. The molecule has 1 aromatic heterocycles. The van der Waals surface area contributed by atoms with Gasteiger partial charge in [-0.2, -0.15) is 0 Å². The van der Waals surface area contributed by atoms with Crippen LogP contribution < -0.4 is 10.1 Å². The summed E-state index contributed by atoms with van der Waals surface area (Å²) < 4.78 is 11.5. The van der Waals surface area contributed by atoms with Gasteiger partial charge in [-0.05, 0) is 38.0 Å². The number of hydrogen-bond acceptors (Lipinski definition) is 7. The summed E-state index contributed by atoms with van der Waals surface area (Å²) in [6.45, 7) is 5.80. The lowest BCUT2D eigenvalue weighted by molar-refractivity contribution is -0.125. The maximum absolute atomic E-state index is 13.0. The smallest absolute Gasteiger partial charge is 0.360 e. The van der Waals surface area contributed by atoms with Crippen molar-refractivity contribution in [3.8, 4) is 5.75 Å². The average molecular weight is 428 g/mol. The molecule has 0 aliphatic carbocycles. The molecule has 0 saturated carbocycles. The molecule has 1 fully saturated rings. The summed E-state index contributed by atoms with van der Waals surface area (Å²) in [5.41, 5.74) is 2.34. The van der Waals surface area contributed by atoms with Crippen LogP contribution in [0, 0.1) is 0 Å². The molecule has 9 nitrogen and oxygen atoms in total. The number of carbonyl (C=O) groups excluding carboxylic acids is 2. The quantitative estimate of drug-likeness (QED) is 0.508. The normalized spacial score (nSPS) is 19.3. The van der Waals surface area contributed by atoms with E-state index in [0.717, 1.165) is 11.3 Å². The van der Waals surface area contributed by atoms with E-state index in [1.54, 1.807) is 18.0 Å². The Labute approximate surface area is 182 Å². The molecule has 166 valence electrons. The molecule has 1 aromatic carbocycles. The third kappa shape index (κ3) is 5.49. The number of esters is 1. The third-order valence-electron chi connectivity index (χ3n) is 5.53. The van der Waals surface area contributed by atoms with E-state index < -0.39 is 5.97 Å². The summed E-state index contributed by atoms with van der Waals surface area (Å²) in [7, 11) is 2.93. The molecule has 1 N–H and O–H groups in total. The van der Waals surface area contributed by atoms with Gasteiger partial charge in [-0.25, -0.2) is 9.48 Å². The zero-order valence-corrected chi connectivity index (χ0v) is 18.4. The first kappa shape index (κ1) is 22.5. The largest absolute Gasteiger partial charge is 0.497 e. The van der Waals surface area contributed by atoms with Crippen LogP contribution in [-0.4, -0.2) is 65.1 Å². The van der Waals surface area contributed by atoms with E-state index in [0.29, 0.717) is 26.1 Å². The zero-order valence-electron chi connectivity index (χ0n) is 18.4. The van der Waals surface area contributed by atoms with E-state index in [2.05, 4.69) is 20.5 Å². The Bertz CT molecular complexity index is 938. The van der Waals surface area contributed by atoms with Crippen LogP contribution in [0.15, 0.2) is 42.1 Å². The van der Waals surface area contributed by atoms with Gasteiger partial charge in [0.1, 0.15) is 5.75 Å². The molecule has 0 spiro atoms. The number of hydrogen-bond donors (Lipinski definition) is 1. The topological polar surface area (TPSA) is 98.6 Å². The molecular formula is C22H29N5O4. The Morgan fingerprint density at radius 2 is 2.00 bits per heavy atom. The summed E-state index contributed by atoms with van der Waals surface area (Å²) in [5, 5.41) is 11.0. The number of likely N-dealkylation sites (tertiary alicyclic amines) is 1. The molecule has 1 amide bonds. The fourth-order valence-electron chi connectivity index (χ4n) is 3.63. The maximum atomic E-state index is 13.0. The van der Waals surface area contributed by atoms with Crippen LogP contribution in [0.5, 0.6) is 5.75 Å². The molecule has 2 atom stereocenters. The summed E-state index contributed by atoms with van der Waals surface area (Å²) in [6, 6.07) is 7.25. The van der Waals surface area contributed by atoms with Crippen molar-refractivity contribution in [1.82, 2.24) is 25.2 Å². The number of methoxy groups -OCH3 is 2. The van der Waals surface area contributed by atoms with Crippen LogP contribution in [0.2, 0.25) is 0 Å². The van der Waals surface area contributed by atoms with Crippen molar-refractivity contribution in [2.45, 2.75) is 38.9 Å². The Morgan fingerprint density at radius 1 is 1.26 bits per heavy atom. The molecule has 0 radical (unpaired) electrons. The van der Waals surface area contributed by atoms with Crippen molar-refractivity contribution in [3.63, 3.8) is 0 Å². The molecule has 3 rings (SSSR count). The summed E-state index contributed by atoms with van der Waals surface area (Å²) in [4.78, 5) is 26.9. The van der Waals surface area contributed by atoms with E-state index in [1.807, 2.05) is 44.2 Å². The Balaban J connectivity index is 1.69.